The van der Waals surface area contributed by atoms with Gasteiger partial charge in [-0.05, 0) is 34.4 Å². The SMILES string of the molecule is c1ccc(COC[C@H]2O[C@H](Sc3ccccc3)[C@@H](OCc3ccccc3)[C@@H](OCc3ccccc3)[C@@H]2OCc2ccccc2)cc1. The first-order valence-corrected chi connectivity index (χ1v) is 16.7. The average Bonchev–Trinajstić information content (AvgIpc) is 3.12. The van der Waals surface area contributed by atoms with Gasteiger partial charge >= 0.3 is 0 Å². The summed E-state index contributed by atoms with van der Waals surface area (Å²) in [6.45, 7) is 2.08. The molecule has 1 heterocycles. The van der Waals surface area contributed by atoms with Crippen LogP contribution in [0.1, 0.15) is 22.3 Å². The van der Waals surface area contributed by atoms with Crippen molar-refractivity contribution in [2.75, 3.05) is 6.61 Å². The van der Waals surface area contributed by atoms with E-state index in [2.05, 4.69) is 60.7 Å². The van der Waals surface area contributed by atoms with Gasteiger partial charge in [-0.1, -0.05) is 151 Å². The van der Waals surface area contributed by atoms with Crippen molar-refractivity contribution >= 4 is 11.8 Å². The predicted molar refractivity (Wildman–Crippen MR) is 182 cm³/mol. The summed E-state index contributed by atoms with van der Waals surface area (Å²) in [5, 5.41) is 0. The predicted octanol–water partition coefficient (Wildman–Crippen LogP) is 8.48. The van der Waals surface area contributed by atoms with Crippen LogP contribution in [0, 0.1) is 0 Å². The minimum absolute atomic E-state index is 0.344. The Hall–Kier alpha value is -3.75. The second-order valence-corrected chi connectivity index (χ2v) is 12.4. The van der Waals surface area contributed by atoms with E-state index in [1.807, 2.05) is 91.0 Å². The Labute approximate surface area is 276 Å². The van der Waals surface area contributed by atoms with Gasteiger partial charge in [-0.3, -0.25) is 0 Å². The summed E-state index contributed by atoms with van der Waals surface area (Å²) in [6.07, 6.45) is -1.72. The Kier molecular flexibility index (Phi) is 12.1. The molecular weight excluding hydrogens is 593 g/mol. The number of thioether (sulfide) groups is 1. The summed E-state index contributed by atoms with van der Waals surface area (Å²) >= 11 is 1.64. The molecule has 46 heavy (non-hydrogen) atoms. The lowest BCUT2D eigenvalue weighted by molar-refractivity contribution is -0.254. The lowest BCUT2D eigenvalue weighted by Crippen LogP contribution is -2.60. The molecule has 5 aromatic rings. The molecule has 1 aliphatic rings. The van der Waals surface area contributed by atoms with Crippen LogP contribution in [0.15, 0.2) is 157 Å². The zero-order valence-corrected chi connectivity index (χ0v) is 26.6. The van der Waals surface area contributed by atoms with Gasteiger partial charge in [0.25, 0.3) is 0 Å². The fourth-order valence-corrected chi connectivity index (χ4v) is 6.62. The van der Waals surface area contributed by atoms with E-state index in [0.717, 1.165) is 27.1 Å². The molecule has 236 valence electrons. The molecular formula is C40H40O5S. The Morgan fingerprint density at radius 1 is 0.435 bits per heavy atom. The lowest BCUT2D eigenvalue weighted by atomic mass is 9.98. The maximum absolute atomic E-state index is 6.92. The highest BCUT2D eigenvalue weighted by Gasteiger charge is 2.48. The third-order valence-electron chi connectivity index (χ3n) is 7.84. The molecule has 0 radical (unpaired) electrons. The van der Waals surface area contributed by atoms with E-state index in [-0.39, 0.29) is 5.44 Å². The first-order chi connectivity index (χ1) is 22.8. The minimum atomic E-state index is -0.451. The minimum Gasteiger partial charge on any atom is -0.374 e. The molecule has 1 fully saturated rings. The van der Waals surface area contributed by atoms with Crippen molar-refractivity contribution in [1.82, 2.24) is 0 Å². The van der Waals surface area contributed by atoms with Crippen molar-refractivity contribution in [3.63, 3.8) is 0 Å². The largest absolute Gasteiger partial charge is 0.374 e. The highest BCUT2D eigenvalue weighted by molar-refractivity contribution is 7.99. The summed E-state index contributed by atoms with van der Waals surface area (Å²) in [7, 11) is 0. The number of benzene rings is 5. The molecule has 5 atom stereocenters. The zero-order chi connectivity index (χ0) is 31.2. The smallest absolute Gasteiger partial charge is 0.137 e. The van der Waals surface area contributed by atoms with Crippen molar-refractivity contribution in [2.24, 2.45) is 0 Å². The van der Waals surface area contributed by atoms with Gasteiger partial charge in [-0.2, -0.15) is 0 Å². The number of rotatable bonds is 15. The highest BCUT2D eigenvalue weighted by atomic mass is 32.2. The van der Waals surface area contributed by atoms with Gasteiger partial charge in [0.15, 0.2) is 0 Å². The van der Waals surface area contributed by atoms with E-state index in [9.17, 15) is 0 Å². The van der Waals surface area contributed by atoms with Crippen LogP contribution in [0.2, 0.25) is 0 Å². The van der Waals surface area contributed by atoms with E-state index >= 15 is 0 Å². The molecule has 0 unspecified atom stereocenters. The van der Waals surface area contributed by atoms with E-state index < -0.39 is 24.4 Å². The van der Waals surface area contributed by atoms with Gasteiger partial charge in [0.05, 0.1) is 33.0 Å². The highest BCUT2D eigenvalue weighted by Crippen LogP contribution is 2.38. The maximum Gasteiger partial charge on any atom is 0.137 e. The normalized spacial score (nSPS) is 21.2. The molecule has 5 nitrogen and oxygen atoms in total. The Bertz CT molecular complexity index is 1540. The second kappa shape index (κ2) is 17.2. The molecule has 0 spiro atoms. The monoisotopic (exact) mass is 632 g/mol. The topological polar surface area (TPSA) is 46.2 Å². The fraction of sp³-hybridized carbons (Fsp3) is 0.250. The first kappa shape index (κ1) is 32.2. The van der Waals surface area contributed by atoms with Crippen molar-refractivity contribution < 1.29 is 23.7 Å². The summed E-state index contributed by atoms with van der Waals surface area (Å²) in [6, 6.07) is 51.2. The molecule has 0 bridgehead atoms. The summed E-state index contributed by atoms with van der Waals surface area (Å²) in [5.41, 5.74) is 3.99. The maximum atomic E-state index is 6.92. The van der Waals surface area contributed by atoms with Crippen molar-refractivity contribution in [3.05, 3.63) is 174 Å². The molecule has 0 aliphatic carbocycles. The molecule has 0 saturated carbocycles. The van der Waals surface area contributed by atoms with Crippen LogP contribution in [0.25, 0.3) is 0 Å². The standard InChI is InChI=1S/C40H40O5S/c1-6-16-31(17-7-1)26-41-30-36-37(42-27-32-18-8-2-9-19-32)38(43-28-33-20-10-3-11-21-33)39(44-29-34-22-12-4-13-23-34)40(45-36)46-35-24-14-5-15-25-35/h1-25,36-40H,26-30H2/t36-,37-,38+,39+,40-/m1/s1. The van der Waals surface area contributed by atoms with Crippen LogP contribution >= 0.6 is 11.8 Å². The number of ether oxygens (including phenoxy) is 5. The molecule has 1 saturated heterocycles. The van der Waals surface area contributed by atoms with Gasteiger partial charge in [0.1, 0.15) is 29.9 Å². The summed E-state index contributed by atoms with van der Waals surface area (Å²) in [5.74, 6) is 0. The molecule has 6 heteroatoms. The van der Waals surface area contributed by atoms with E-state index in [1.54, 1.807) is 11.8 Å². The Balaban J connectivity index is 1.31. The van der Waals surface area contributed by atoms with Crippen LogP contribution in [-0.2, 0) is 50.1 Å². The van der Waals surface area contributed by atoms with Crippen LogP contribution in [0.3, 0.4) is 0 Å². The first-order valence-electron chi connectivity index (χ1n) is 15.8. The lowest BCUT2D eigenvalue weighted by Gasteiger charge is -2.46. The van der Waals surface area contributed by atoms with Gasteiger partial charge in [0.2, 0.25) is 0 Å². The van der Waals surface area contributed by atoms with E-state index in [0.29, 0.717) is 33.0 Å². The van der Waals surface area contributed by atoms with Crippen molar-refractivity contribution in [1.29, 1.82) is 0 Å². The van der Waals surface area contributed by atoms with Crippen molar-refractivity contribution in [3.8, 4) is 0 Å². The summed E-state index contributed by atoms with van der Waals surface area (Å²) in [4.78, 5) is 1.09. The third-order valence-corrected chi connectivity index (χ3v) is 8.99. The van der Waals surface area contributed by atoms with Crippen LogP contribution < -0.4 is 0 Å². The van der Waals surface area contributed by atoms with Gasteiger partial charge < -0.3 is 23.7 Å². The quantitative estimate of drug-likeness (QED) is 0.115. The third kappa shape index (κ3) is 9.39. The number of hydrogen-bond acceptors (Lipinski definition) is 6. The van der Waals surface area contributed by atoms with E-state index in [4.69, 9.17) is 23.7 Å². The van der Waals surface area contributed by atoms with Crippen LogP contribution in [-0.4, -0.2) is 36.5 Å². The molecule has 1 aliphatic heterocycles. The van der Waals surface area contributed by atoms with Gasteiger partial charge in [0, 0.05) is 4.90 Å². The van der Waals surface area contributed by atoms with Crippen molar-refractivity contribution in [2.45, 2.75) is 61.2 Å². The summed E-state index contributed by atoms with van der Waals surface area (Å²) < 4.78 is 33.6. The zero-order valence-electron chi connectivity index (χ0n) is 25.8. The Morgan fingerprint density at radius 2 is 0.826 bits per heavy atom. The molecule has 0 amide bonds. The molecule has 6 rings (SSSR count). The van der Waals surface area contributed by atoms with Crippen LogP contribution in [0.4, 0.5) is 0 Å². The Morgan fingerprint density at radius 3 is 1.30 bits per heavy atom. The van der Waals surface area contributed by atoms with Gasteiger partial charge in [-0.15, -0.1) is 0 Å². The molecule has 5 aromatic carbocycles. The molecule has 0 N–H and O–H groups in total. The number of hydrogen-bond donors (Lipinski definition) is 0. The molecule has 0 aromatic heterocycles. The van der Waals surface area contributed by atoms with Crippen LogP contribution in [0.5, 0.6) is 0 Å². The van der Waals surface area contributed by atoms with Gasteiger partial charge in [-0.25, -0.2) is 0 Å². The fourth-order valence-electron chi connectivity index (χ4n) is 5.48. The van der Waals surface area contributed by atoms with E-state index in [1.165, 1.54) is 0 Å². The second-order valence-electron chi connectivity index (χ2n) is 11.3. The average molecular weight is 633 g/mol.